The molecular weight excluding hydrogens is 366 g/mol. The summed E-state index contributed by atoms with van der Waals surface area (Å²) in [7, 11) is 0. The lowest BCUT2D eigenvalue weighted by Gasteiger charge is -2.07. The topological polar surface area (TPSA) is 42.2 Å². The largest absolute Gasteiger partial charge is 0.461 e. The van der Waals surface area contributed by atoms with Gasteiger partial charge in [0.15, 0.2) is 0 Å². The number of aryl methyl sites for hydroxylation is 2. The number of halogens is 1. The lowest BCUT2D eigenvalue weighted by atomic mass is 10.2. The fraction of sp³-hybridized carbons (Fsp3) is 0.150. The van der Waals surface area contributed by atoms with Gasteiger partial charge in [0.2, 0.25) is 5.91 Å². The van der Waals surface area contributed by atoms with Crippen LogP contribution in [0.15, 0.2) is 69.6 Å². The lowest BCUT2D eigenvalue weighted by molar-refractivity contribution is -0.116. The number of benzene rings is 2. The molecule has 24 heavy (non-hydrogen) atoms. The summed E-state index contributed by atoms with van der Waals surface area (Å²) in [6.07, 6.45) is 0.968. The normalized spacial score (nSPS) is 10.6. The number of hydrogen-bond acceptors (Lipinski definition) is 2. The van der Waals surface area contributed by atoms with E-state index in [1.807, 2.05) is 67.6 Å². The van der Waals surface area contributed by atoms with Gasteiger partial charge in [0, 0.05) is 28.6 Å². The highest BCUT2D eigenvalue weighted by Gasteiger charge is 2.08. The molecule has 122 valence electrons. The highest BCUT2D eigenvalue weighted by molar-refractivity contribution is 9.10. The van der Waals surface area contributed by atoms with Gasteiger partial charge in [-0.25, -0.2) is 0 Å². The van der Waals surface area contributed by atoms with Gasteiger partial charge in [-0.05, 0) is 42.8 Å². The predicted octanol–water partition coefficient (Wildman–Crippen LogP) is 5.59. The van der Waals surface area contributed by atoms with Crippen molar-refractivity contribution in [3.8, 4) is 11.3 Å². The molecule has 0 saturated heterocycles. The van der Waals surface area contributed by atoms with Crippen molar-refractivity contribution in [3.63, 3.8) is 0 Å². The van der Waals surface area contributed by atoms with Crippen molar-refractivity contribution in [1.82, 2.24) is 0 Å². The predicted molar refractivity (Wildman–Crippen MR) is 100.0 cm³/mol. The Morgan fingerprint density at radius 3 is 2.54 bits per heavy atom. The standard InChI is InChI=1S/C20H18BrNO2/c1-14-4-2-3-5-18(14)22-20(23)13-11-17-10-12-19(24-17)15-6-8-16(21)9-7-15/h2-10,12H,11,13H2,1H3,(H,22,23). The number of nitrogens with one attached hydrogen (secondary N) is 1. The third kappa shape index (κ3) is 4.15. The molecule has 0 fully saturated rings. The number of para-hydroxylation sites is 1. The van der Waals surface area contributed by atoms with Gasteiger partial charge >= 0.3 is 0 Å². The minimum Gasteiger partial charge on any atom is -0.461 e. The van der Waals surface area contributed by atoms with E-state index in [1.165, 1.54) is 0 Å². The van der Waals surface area contributed by atoms with Crippen molar-refractivity contribution in [2.75, 3.05) is 5.32 Å². The summed E-state index contributed by atoms with van der Waals surface area (Å²) in [5, 5.41) is 2.94. The maximum Gasteiger partial charge on any atom is 0.224 e. The van der Waals surface area contributed by atoms with Gasteiger partial charge in [-0.2, -0.15) is 0 Å². The molecule has 1 heterocycles. The Kier molecular flexibility index (Phi) is 5.16. The average Bonchev–Trinajstić information content (AvgIpc) is 3.05. The summed E-state index contributed by atoms with van der Waals surface area (Å²) in [6, 6.07) is 19.6. The number of furan rings is 1. The Morgan fingerprint density at radius 1 is 1.04 bits per heavy atom. The number of hydrogen-bond donors (Lipinski definition) is 1. The lowest BCUT2D eigenvalue weighted by Crippen LogP contribution is -2.12. The smallest absolute Gasteiger partial charge is 0.224 e. The summed E-state index contributed by atoms with van der Waals surface area (Å²) in [6.45, 7) is 1.98. The monoisotopic (exact) mass is 383 g/mol. The van der Waals surface area contributed by atoms with E-state index in [0.29, 0.717) is 12.8 Å². The van der Waals surface area contributed by atoms with Gasteiger partial charge in [0.1, 0.15) is 11.5 Å². The highest BCUT2D eigenvalue weighted by Crippen LogP contribution is 2.24. The van der Waals surface area contributed by atoms with Crippen molar-refractivity contribution in [2.24, 2.45) is 0 Å². The van der Waals surface area contributed by atoms with Crippen LogP contribution in [0, 0.1) is 6.92 Å². The van der Waals surface area contributed by atoms with Crippen LogP contribution in [0.2, 0.25) is 0 Å². The van der Waals surface area contributed by atoms with Crippen LogP contribution in [0.5, 0.6) is 0 Å². The number of anilines is 1. The number of carbonyl (C=O) groups excluding carboxylic acids is 1. The zero-order chi connectivity index (χ0) is 16.9. The van der Waals surface area contributed by atoms with Crippen molar-refractivity contribution >= 4 is 27.5 Å². The molecule has 3 nitrogen and oxygen atoms in total. The van der Waals surface area contributed by atoms with Crippen LogP contribution in [-0.4, -0.2) is 5.91 Å². The zero-order valence-corrected chi connectivity index (χ0v) is 15.0. The average molecular weight is 384 g/mol. The van der Waals surface area contributed by atoms with E-state index < -0.39 is 0 Å². The molecule has 1 N–H and O–H groups in total. The molecular formula is C20H18BrNO2. The third-order valence-electron chi connectivity index (χ3n) is 3.81. The SMILES string of the molecule is Cc1ccccc1NC(=O)CCc1ccc(-c2ccc(Br)cc2)o1. The summed E-state index contributed by atoms with van der Waals surface area (Å²) in [5.74, 6) is 1.62. The van der Waals surface area contributed by atoms with E-state index in [4.69, 9.17) is 4.42 Å². The molecule has 1 amide bonds. The van der Waals surface area contributed by atoms with Crippen LogP contribution >= 0.6 is 15.9 Å². The van der Waals surface area contributed by atoms with Gasteiger partial charge in [0.05, 0.1) is 0 Å². The molecule has 0 saturated carbocycles. The molecule has 0 unspecified atom stereocenters. The molecule has 0 atom stereocenters. The Hall–Kier alpha value is -2.33. The van der Waals surface area contributed by atoms with Crippen LogP contribution in [-0.2, 0) is 11.2 Å². The van der Waals surface area contributed by atoms with Crippen molar-refractivity contribution < 1.29 is 9.21 Å². The zero-order valence-electron chi connectivity index (χ0n) is 13.4. The van der Waals surface area contributed by atoms with Crippen LogP contribution in [0.25, 0.3) is 11.3 Å². The molecule has 4 heteroatoms. The van der Waals surface area contributed by atoms with Crippen molar-refractivity contribution in [3.05, 3.63) is 76.5 Å². The van der Waals surface area contributed by atoms with Gasteiger partial charge in [-0.1, -0.05) is 46.3 Å². The van der Waals surface area contributed by atoms with Crippen LogP contribution in [0.1, 0.15) is 17.7 Å². The molecule has 3 aromatic rings. The second-order valence-electron chi connectivity index (χ2n) is 5.64. The highest BCUT2D eigenvalue weighted by atomic mass is 79.9. The summed E-state index contributed by atoms with van der Waals surface area (Å²) < 4.78 is 6.87. The van der Waals surface area contributed by atoms with E-state index in [1.54, 1.807) is 0 Å². The van der Waals surface area contributed by atoms with E-state index in [-0.39, 0.29) is 5.91 Å². The van der Waals surface area contributed by atoms with E-state index in [0.717, 1.165) is 32.8 Å². The Labute approximate surface area is 149 Å². The second kappa shape index (κ2) is 7.49. The summed E-state index contributed by atoms with van der Waals surface area (Å²) in [5.41, 5.74) is 2.94. The summed E-state index contributed by atoms with van der Waals surface area (Å²) in [4.78, 5) is 12.1. The molecule has 0 spiro atoms. The molecule has 0 aliphatic rings. The van der Waals surface area contributed by atoms with E-state index in [9.17, 15) is 4.79 Å². The van der Waals surface area contributed by atoms with Crippen LogP contribution in [0.3, 0.4) is 0 Å². The Bertz CT molecular complexity index is 837. The fourth-order valence-corrected chi connectivity index (χ4v) is 2.71. The van der Waals surface area contributed by atoms with Crippen LogP contribution in [0.4, 0.5) is 5.69 Å². The molecule has 2 aromatic carbocycles. The van der Waals surface area contributed by atoms with E-state index in [2.05, 4.69) is 21.2 Å². The molecule has 0 aliphatic heterocycles. The Morgan fingerprint density at radius 2 is 1.79 bits per heavy atom. The first-order valence-electron chi connectivity index (χ1n) is 7.82. The quantitative estimate of drug-likeness (QED) is 0.623. The van der Waals surface area contributed by atoms with Gasteiger partial charge in [-0.15, -0.1) is 0 Å². The van der Waals surface area contributed by atoms with Crippen molar-refractivity contribution in [2.45, 2.75) is 19.8 Å². The molecule has 3 rings (SSSR count). The maximum absolute atomic E-state index is 12.1. The molecule has 0 bridgehead atoms. The van der Waals surface area contributed by atoms with Gasteiger partial charge < -0.3 is 9.73 Å². The Balaban J connectivity index is 1.58. The molecule has 0 radical (unpaired) electrons. The number of amides is 1. The fourth-order valence-electron chi connectivity index (χ4n) is 2.44. The molecule has 1 aromatic heterocycles. The minimum atomic E-state index is -0.00843. The summed E-state index contributed by atoms with van der Waals surface area (Å²) >= 11 is 3.42. The third-order valence-corrected chi connectivity index (χ3v) is 4.34. The van der Waals surface area contributed by atoms with Gasteiger partial charge in [-0.3, -0.25) is 4.79 Å². The van der Waals surface area contributed by atoms with Crippen LogP contribution < -0.4 is 5.32 Å². The second-order valence-corrected chi connectivity index (χ2v) is 6.55. The van der Waals surface area contributed by atoms with Crippen molar-refractivity contribution in [1.29, 1.82) is 0 Å². The van der Waals surface area contributed by atoms with Gasteiger partial charge in [0.25, 0.3) is 0 Å². The van der Waals surface area contributed by atoms with E-state index >= 15 is 0 Å². The minimum absolute atomic E-state index is 0.00843. The molecule has 0 aliphatic carbocycles. The maximum atomic E-state index is 12.1. The number of rotatable bonds is 5. The first-order valence-corrected chi connectivity index (χ1v) is 8.61. The first-order chi connectivity index (χ1) is 11.6. The number of carbonyl (C=O) groups is 1. The first kappa shape index (κ1) is 16.5.